The lowest BCUT2D eigenvalue weighted by atomic mass is 9.96. The van der Waals surface area contributed by atoms with Gasteiger partial charge in [0.15, 0.2) is 5.03 Å². The zero-order chi connectivity index (χ0) is 28.3. The minimum Gasteiger partial charge on any atom is -0.493 e. The molecule has 0 radical (unpaired) electrons. The van der Waals surface area contributed by atoms with Gasteiger partial charge in [-0.2, -0.15) is 8.42 Å². The number of benzene rings is 1. The summed E-state index contributed by atoms with van der Waals surface area (Å²) in [5.74, 6) is -0.514. The lowest BCUT2D eigenvalue weighted by Gasteiger charge is -2.29. The number of pyridine rings is 2. The van der Waals surface area contributed by atoms with Crippen LogP contribution in [-0.4, -0.2) is 44.5 Å². The van der Waals surface area contributed by atoms with E-state index in [1.165, 1.54) is 42.5 Å². The monoisotopic (exact) mass is 543 g/mol. The van der Waals surface area contributed by atoms with Gasteiger partial charge in [0.2, 0.25) is 0 Å². The van der Waals surface area contributed by atoms with E-state index < -0.39 is 21.7 Å². The molecular weight excluding hydrogens is 509 g/mol. The summed E-state index contributed by atoms with van der Waals surface area (Å²) in [6.07, 6.45) is 0. The molecule has 38 heavy (non-hydrogen) atoms. The van der Waals surface area contributed by atoms with Crippen LogP contribution >= 0.6 is 0 Å². The standard InChI is InChI=1S/C27H34FN5O4S/c1-17(2)15-37-20-13-18(12-19(28)14-20)22-11-10-21(25(30-22)33(6)16-27(3,4)5)26(34)32-38(35,36)24-9-7-8-23(29)31-24/h7-14,17H,15-16H2,1-6H3,(H2,29,31)(H,32,34). The molecule has 0 saturated heterocycles. The number of sulfonamides is 1. The van der Waals surface area contributed by atoms with Gasteiger partial charge >= 0.3 is 0 Å². The van der Waals surface area contributed by atoms with Crippen LogP contribution in [0.25, 0.3) is 11.3 Å². The molecule has 0 aliphatic heterocycles. The van der Waals surface area contributed by atoms with Gasteiger partial charge in [0.05, 0.1) is 17.9 Å². The number of ether oxygens (including phenoxy) is 1. The summed E-state index contributed by atoms with van der Waals surface area (Å²) in [5, 5.41) is -0.381. The molecule has 0 aliphatic carbocycles. The van der Waals surface area contributed by atoms with E-state index in [-0.39, 0.29) is 33.6 Å². The number of hydrogen-bond donors (Lipinski definition) is 2. The van der Waals surface area contributed by atoms with E-state index in [0.717, 1.165) is 0 Å². The van der Waals surface area contributed by atoms with Crippen molar-refractivity contribution in [1.82, 2.24) is 14.7 Å². The number of amides is 1. The van der Waals surface area contributed by atoms with E-state index in [1.807, 2.05) is 39.3 Å². The van der Waals surface area contributed by atoms with E-state index in [0.29, 0.717) is 30.2 Å². The van der Waals surface area contributed by atoms with Crippen molar-refractivity contribution in [3.05, 3.63) is 59.9 Å². The smallest absolute Gasteiger partial charge is 0.281 e. The number of hydrogen-bond acceptors (Lipinski definition) is 8. The molecule has 0 unspecified atom stereocenters. The quantitative estimate of drug-likeness (QED) is 0.404. The Labute approximate surface area is 223 Å². The maximum absolute atomic E-state index is 14.4. The van der Waals surface area contributed by atoms with Crippen LogP contribution in [0.2, 0.25) is 0 Å². The zero-order valence-electron chi connectivity index (χ0n) is 22.4. The highest BCUT2D eigenvalue weighted by Gasteiger charge is 2.26. The molecule has 2 heterocycles. The van der Waals surface area contributed by atoms with E-state index >= 15 is 0 Å². The lowest BCUT2D eigenvalue weighted by molar-refractivity contribution is 0.0981. The second kappa shape index (κ2) is 11.3. The van der Waals surface area contributed by atoms with E-state index in [4.69, 9.17) is 10.5 Å². The Bertz CT molecular complexity index is 1420. The molecule has 1 amide bonds. The number of carbonyl (C=O) groups excluding carboxylic acids is 1. The average molecular weight is 544 g/mol. The first-order chi connectivity index (χ1) is 17.6. The molecule has 2 aromatic heterocycles. The van der Waals surface area contributed by atoms with Crippen molar-refractivity contribution >= 4 is 27.6 Å². The Hall–Kier alpha value is -3.73. The predicted molar refractivity (Wildman–Crippen MR) is 146 cm³/mol. The van der Waals surface area contributed by atoms with Gasteiger partial charge in [-0.3, -0.25) is 4.79 Å². The molecule has 0 atom stereocenters. The lowest BCUT2D eigenvalue weighted by Crippen LogP contribution is -2.35. The van der Waals surface area contributed by atoms with Crippen LogP contribution in [0.4, 0.5) is 16.0 Å². The molecule has 9 nitrogen and oxygen atoms in total. The van der Waals surface area contributed by atoms with Crippen molar-refractivity contribution in [3.63, 3.8) is 0 Å². The van der Waals surface area contributed by atoms with Crippen LogP contribution in [-0.2, 0) is 10.0 Å². The van der Waals surface area contributed by atoms with Gasteiger partial charge in [-0.15, -0.1) is 0 Å². The number of nitrogen functional groups attached to an aromatic ring is 1. The summed E-state index contributed by atoms with van der Waals surface area (Å²) in [4.78, 5) is 23.4. The highest BCUT2D eigenvalue weighted by Crippen LogP contribution is 2.29. The Kier molecular flexibility index (Phi) is 8.61. The van der Waals surface area contributed by atoms with E-state index in [9.17, 15) is 17.6 Å². The Balaban J connectivity index is 2.03. The highest BCUT2D eigenvalue weighted by molar-refractivity contribution is 7.90. The van der Waals surface area contributed by atoms with Crippen LogP contribution < -0.4 is 20.1 Å². The first kappa shape index (κ1) is 28.8. The minimum absolute atomic E-state index is 0.00350. The van der Waals surface area contributed by atoms with Crippen LogP contribution in [0.15, 0.2) is 53.6 Å². The summed E-state index contributed by atoms with van der Waals surface area (Å²) in [6.45, 7) is 11.0. The van der Waals surface area contributed by atoms with E-state index in [2.05, 4.69) is 9.97 Å². The van der Waals surface area contributed by atoms with Crippen molar-refractivity contribution in [3.8, 4) is 17.0 Å². The molecule has 0 saturated carbocycles. The number of nitrogens with zero attached hydrogens (tertiary/aromatic N) is 3. The molecule has 3 aromatic rings. The third-order valence-corrected chi connectivity index (χ3v) is 6.42. The fraction of sp³-hybridized carbons (Fsp3) is 0.370. The highest BCUT2D eigenvalue weighted by atomic mass is 32.2. The third kappa shape index (κ3) is 7.64. The van der Waals surface area contributed by atoms with Gasteiger partial charge in [-0.25, -0.2) is 19.1 Å². The number of nitrogens with one attached hydrogen (secondary N) is 1. The largest absolute Gasteiger partial charge is 0.493 e. The van der Waals surface area contributed by atoms with Crippen molar-refractivity contribution < 1.29 is 22.3 Å². The SMILES string of the molecule is CC(C)COc1cc(F)cc(-c2ccc(C(=O)NS(=O)(=O)c3cccc(N)n3)c(N(C)CC(C)(C)C)n2)c1. The summed E-state index contributed by atoms with van der Waals surface area (Å²) < 4.78 is 47.8. The van der Waals surface area contributed by atoms with Gasteiger partial charge in [-0.05, 0) is 47.7 Å². The third-order valence-electron chi connectivity index (χ3n) is 5.19. The molecule has 0 fully saturated rings. The van der Waals surface area contributed by atoms with E-state index in [1.54, 1.807) is 18.0 Å². The number of halogens is 1. The van der Waals surface area contributed by atoms with Crippen molar-refractivity contribution in [2.75, 3.05) is 30.8 Å². The molecule has 0 spiro atoms. The summed E-state index contributed by atoms with van der Waals surface area (Å²) in [5.41, 5.74) is 6.31. The number of rotatable bonds is 9. The molecule has 1 aromatic carbocycles. The number of anilines is 2. The zero-order valence-corrected chi connectivity index (χ0v) is 23.3. The summed E-state index contributed by atoms with van der Waals surface area (Å²) in [7, 11) is -2.54. The van der Waals surface area contributed by atoms with Crippen molar-refractivity contribution in [1.29, 1.82) is 0 Å². The molecule has 204 valence electrons. The Morgan fingerprint density at radius 1 is 1.13 bits per heavy atom. The normalized spacial score (nSPS) is 11.9. The maximum atomic E-state index is 14.4. The Morgan fingerprint density at radius 3 is 2.47 bits per heavy atom. The van der Waals surface area contributed by atoms with Crippen molar-refractivity contribution in [2.24, 2.45) is 11.3 Å². The van der Waals surface area contributed by atoms with Crippen molar-refractivity contribution in [2.45, 2.75) is 39.6 Å². The van der Waals surface area contributed by atoms with Crippen LogP contribution in [0.3, 0.4) is 0 Å². The molecule has 11 heteroatoms. The molecular formula is C27H34FN5O4S. The average Bonchev–Trinajstić information content (AvgIpc) is 2.80. The van der Waals surface area contributed by atoms with Gasteiger partial charge in [0, 0.05) is 25.2 Å². The maximum Gasteiger partial charge on any atom is 0.281 e. The van der Waals surface area contributed by atoms with Gasteiger partial charge < -0.3 is 15.4 Å². The summed E-state index contributed by atoms with van der Waals surface area (Å²) >= 11 is 0. The summed E-state index contributed by atoms with van der Waals surface area (Å²) in [6, 6.07) is 11.4. The second-order valence-corrected chi connectivity index (χ2v) is 12.3. The molecule has 3 rings (SSSR count). The molecule has 0 aliphatic rings. The first-order valence-corrected chi connectivity index (χ1v) is 13.6. The Morgan fingerprint density at radius 2 is 1.84 bits per heavy atom. The second-order valence-electron chi connectivity index (χ2n) is 10.7. The minimum atomic E-state index is -4.30. The molecule has 0 bridgehead atoms. The topological polar surface area (TPSA) is 128 Å². The van der Waals surface area contributed by atoms with Crippen LogP contribution in [0, 0.1) is 17.2 Å². The van der Waals surface area contributed by atoms with Gasteiger partial charge in [0.1, 0.15) is 23.2 Å². The number of carbonyl (C=O) groups is 1. The predicted octanol–water partition coefficient (Wildman–Crippen LogP) is 4.50. The fourth-order valence-corrected chi connectivity index (χ4v) is 4.67. The number of nitrogens with two attached hydrogens (primary N) is 1. The number of aromatic nitrogens is 2. The van der Waals surface area contributed by atoms with Crippen LogP contribution in [0.1, 0.15) is 45.0 Å². The molecule has 3 N–H and O–H groups in total. The fourth-order valence-electron chi connectivity index (χ4n) is 3.73. The first-order valence-electron chi connectivity index (χ1n) is 12.1. The van der Waals surface area contributed by atoms with Gasteiger partial charge in [0.25, 0.3) is 15.9 Å². The van der Waals surface area contributed by atoms with Gasteiger partial charge in [-0.1, -0.05) is 40.7 Å². The van der Waals surface area contributed by atoms with Crippen LogP contribution in [0.5, 0.6) is 5.75 Å².